The third kappa shape index (κ3) is 4.20. The smallest absolute Gasteiger partial charge is 0.251 e. The Bertz CT molecular complexity index is 675. The van der Waals surface area contributed by atoms with E-state index < -0.39 is 10.0 Å². The lowest BCUT2D eigenvalue weighted by molar-refractivity contribution is 0.0958. The minimum atomic E-state index is -3.56. The highest BCUT2D eigenvalue weighted by Gasteiger charge is 2.27. The highest BCUT2D eigenvalue weighted by Crippen LogP contribution is 2.24. The number of carbonyl (C=O) groups excluding carboxylic acids is 1. The highest BCUT2D eigenvalue weighted by molar-refractivity contribution is 7.89. The fourth-order valence-electron chi connectivity index (χ4n) is 2.71. The van der Waals surface area contributed by atoms with Crippen LogP contribution in [0, 0.1) is 6.92 Å². The van der Waals surface area contributed by atoms with Crippen LogP contribution in [0.25, 0.3) is 0 Å². The van der Waals surface area contributed by atoms with E-state index in [0.717, 1.165) is 25.7 Å². The van der Waals surface area contributed by atoms with E-state index in [2.05, 4.69) is 11.9 Å². The number of benzene rings is 1. The van der Waals surface area contributed by atoms with Gasteiger partial charge in [-0.1, -0.05) is 25.0 Å². The van der Waals surface area contributed by atoms with E-state index in [1.54, 1.807) is 29.4 Å². The molecule has 1 aliphatic heterocycles. The van der Waals surface area contributed by atoms with E-state index in [1.807, 2.05) is 0 Å². The Balaban J connectivity index is 2.33. The van der Waals surface area contributed by atoms with E-state index in [4.69, 9.17) is 0 Å². The summed E-state index contributed by atoms with van der Waals surface area (Å²) in [7, 11) is -3.56. The molecule has 1 amide bonds. The number of rotatable bonds is 5. The molecule has 1 N–H and O–H groups in total. The molecule has 1 saturated heterocycles. The van der Waals surface area contributed by atoms with Crippen molar-refractivity contribution in [3.8, 4) is 0 Å². The fourth-order valence-corrected chi connectivity index (χ4v) is 4.48. The lowest BCUT2D eigenvalue weighted by atomic mass is 10.1. The maximum atomic E-state index is 12.9. The van der Waals surface area contributed by atoms with Crippen LogP contribution in [0.1, 0.15) is 41.6 Å². The van der Waals surface area contributed by atoms with Gasteiger partial charge < -0.3 is 5.32 Å². The van der Waals surface area contributed by atoms with E-state index in [-0.39, 0.29) is 10.8 Å². The largest absolute Gasteiger partial charge is 0.349 e. The van der Waals surface area contributed by atoms with Crippen molar-refractivity contribution in [2.45, 2.75) is 37.5 Å². The molecular weight excluding hydrogens is 312 g/mol. The van der Waals surface area contributed by atoms with Gasteiger partial charge in [-0.2, -0.15) is 4.31 Å². The Morgan fingerprint density at radius 1 is 1.26 bits per heavy atom. The molecule has 1 fully saturated rings. The first-order valence-electron chi connectivity index (χ1n) is 7.96. The molecule has 1 aromatic rings. The van der Waals surface area contributed by atoms with Crippen molar-refractivity contribution >= 4 is 15.9 Å². The maximum absolute atomic E-state index is 12.9. The van der Waals surface area contributed by atoms with Crippen molar-refractivity contribution in [1.82, 2.24) is 9.62 Å². The van der Waals surface area contributed by atoms with Gasteiger partial charge in [-0.25, -0.2) is 8.42 Å². The van der Waals surface area contributed by atoms with Crippen molar-refractivity contribution in [1.29, 1.82) is 0 Å². The number of sulfonamides is 1. The van der Waals surface area contributed by atoms with Crippen molar-refractivity contribution in [3.63, 3.8) is 0 Å². The zero-order valence-electron chi connectivity index (χ0n) is 13.5. The van der Waals surface area contributed by atoms with Gasteiger partial charge in [0.15, 0.2) is 0 Å². The lowest BCUT2D eigenvalue weighted by Crippen LogP contribution is -2.32. The Labute approximate surface area is 138 Å². The average molecular weight is 336 g/mol. The van der Waals surface area contributed by atoms with Crippen LogP contribution in [-0.2, 0) is 10.0 Å². The molecule has 0 unspecified atom stereocenters. The summed E-state index contributed by atoms with van der Waals surface area (Å²) >= 11 is 0. The first-order chi connectivity index (χ1) is 11.0. The van der Waals surface area contributed by atoms with E-state index in [1.165, 1.54) is 6.07 Å². The van der Waals surface area contributed by atoms with Gasteiger partial charge in [-0.05, 0) is 37.5 Å². The Hall–Kier alpha value is -1.66. The van der Waals surface area contributed by atoms with Crippen LogP contribution in [0.5, 0.6) is 0 Å². The summed E-state index contributed by atoms with van der Waals surface area (Å²) in [5.41, 5.74) is 1.01. The second kappa shape index (κ2) is 7.75. The van der Waals surface area contributed by atoms with Gasteiger partial charge in [0.05, 0.1) is 4.90 Å². The van der Waals surface area contributed by atoms with Gasteiger partial charge in [-0.15, -0.1) is 6.58 Å². The van der Waals surface area contributed by atoms with Crippen molar-refractivity contribution < 1.29 is 13.2 Å². The topological polar surface area (TPSA) is 66.5 Å². The fraction of sp³-hybridized carbons (Fsp3) is 0.471. The van der Waals surface area contributed by atoms with E-state index in [0.29, 0.717) is 30.8 Å². The summed E-state index contributed by atoms with van der Waals surface area (Å²) in [6.45, 7) is 6.76. The second-order valence-corrected chi connectivity index (χ2v) is 7.70. The van der Waals surface area contributed by atoms with Crippen LogP contribution in [0.4, 0.5) is 0 Å². The molecule has 1 aliphatic rings. The summed E-state index contributed by atoms with van der Waals surface area (Å²) in [4.78, 5) is 12.3. The number of nitrogens with zero attached hydrogens (tertiary/aromatic N) is 1. The third-order valence-electron chi connectivity index (χ3n) is 4.04. The monoisotopic (exact) mass is 336 g/mol. The first-order valence-corrected chi connectivity index (χ1v) is 9.40. The minimum absolute atomic E-state index is 0.227. The summed E-state index contributed by atoms with van der Waals surface area (Å²) in [5, 5.41) is 2.67. The number of aryl methyl sites for hydroxylation is 1. The third-order valence-corrected chi connectivity index (χ3v) is 6.08. The van der Waals surface area contributed by atoms with Gasteiger partial charge in [0, 0.05) is 25.2 Å². The molecule has 1 heterocycles. The van der Waals surface area contributed by atoms with Crippen LogP contribution in [-0.4, -0.2) is 38.3 Å². The number of hydrogen-bond donors (Lipinski definition) is 1. The molecule has 0 spiro atoms. The number of amides is 1. The average Bonchev–Trinajstić information content (AvgIpc) is 2.82. The predicted molar refractivity (Wildman–Crippen MR) is 90.9 cm³/mol. The van der Waals surface area contributed by atoms with Crippen LogP contribution >= 0.6 is 0 Å². The molecule has 2 rings (SSSR count). The highest BCUT2D eigenvalue weighted by atomic mass is 32.2. The zero-order valence-corrected chi connectivity index (χ0v) is 14.4. The number of carbonyl (C=O) groups is 1. The SMILES string of the molecule is C=CCNC(=O)c1ccc(C)c(S(=O)(=O)N2CCCCCC2)c1. The second-order valence-electron chi connectivity index (χ2n) is 5.80. The van der Waals surface area contributed by atoms with Crippen LogP contribution in [0.15, 0.2) is 35.7 Å². The summed E-state index contributed by atoms with van der Waals surface area (Å²) in [6, 6.07) is 4.82. The molecule has 1 aromatic carbocycles. The van der Waals surface area contributed by atoms with Crippen molar-refractivity contribution in [2.75, 3.05) is 19.6 Å². The quantitative estimate of drug-likeness (QED) is 0.840. The first kappa shape index (κ1) is 17.7. The molecular formula is C17H24N2O3S. The molecule has 5 nitrogen and oxygen atoms in total. The van der Waals surface area contributed by atoms with Crippen molar-refractivity contribution in [3.05, 3.63) is 42.0 Å². The van der Waals surface area contributed by atoms with Gasteiger partial charge in [-0.3, -0.25) is 4.79 Å². The molecule has 126 valence electrons. The lowest BCUT2D eigenvalue weighted by Gasteiger charge is -2.21. The van der Waals surface area contributed by atoms with Crippen LogP contribution < -0.4 is 5.32 Å². The van der Waals surface area contributed by atoms with Crippen LogP contribution in [0.2, 0.25) is 0 Å². The van der Waals surface area contributed by atoms with E-state index in [9.17, 15) is 13.2 Å². The maximum Gasteiger partial charge on any atom is 0.251 e. The molecule has 0 aromatic heterocycles. The Kier molecular flexibility index (Phi) is 5.96. The number of nitrogens with one attached hydrogen (secondary N) is 1. The number of hydrogen-bond acceptors (Lipinski definition) is 3. The predicted octanol–water partition coefficient (Wildman–Crippen LogP) is 2.48. The summed E-state index contributed by atoms with van der Waals surface area (Å²) in [6.07, 6.45) is 5.49. The van der Waals surface area contributed by atoms with Gasteiger partial charge in [0.2, 0.25) is 10.0 Å². The zero-order chi connectivity index (χ0) is 16.9. The normalized spacial score (nSPS) is 16.6. The molecule has 0 bridgehead atoms. The Morgan fingerprint density at radius 2 is 1.91 bits per heavy atom. The van der Waals surface area contributed by atoms with Crippen LogP contribution in [0.3, 0.4) is 0 Å². The standard InChI is InChI=1S/C17H24N2O3S/c1-3-10-18-17(20)15-9-8-14(2)16(13-15)23(21,22)19-11-6-4-5-7-12-19/h3,8-9,13H,1,4-7,10-12H2,2H3,(H,18,20). The summed E-state index contributed by atoms with van der Waals surface area (Å²) < 4.78 is 27.4. The minimum Gasteiger partial charge on any atom is -0.349 e. The van der Waals surface area contributed by atoms with Gasteiger partial charge in [0.25, 0.3) is 5.91 Å². The molecule has 0 saturated carbocycles. The van der Waals surface area contributed by atoms with Crippen molar-refractivity contribution in [2.24, 2.45) is 0 Å². The molecule has 23 heavy (non-hydrogen) atoms. The van der Waals surface area contributed by atoms with Gasteiger partial charge in [0.1, 0.15) is 0 Å². The Morgan fingerprint density at radius 3 is 2.52 bits per heavy atom. The molecule has 0 aliphatic carbocycles. The molecule has 0 atom stereocenters. The van der Waals surface area contributed by atoms with E-state index >= 15 is 0 Å². The summed E-state index contributed by atoms with van der Waals surface area (Å²) in [5.74, 6) is -0.294. The molecule has 0 radical (unpaired) electrons. The van der Waals surface area contributed by atoms with Gasteiger partial charge >= 0.3 is 0 Å². The molecule has 6 heteroatoms.